The first kappa shape index (κ1) is 14.4. The van der Waals surface area contributed by atoms with Gasteiger partial charge in [0.2, 0.25) is 0 Å². The summed E-state index contributed by atoms with van der Waals surface area (Å²) in [6.07, 6.45) is 0. The van der Waals surface area contributed by atoms with Crippen molar-refractivity contribution in [2.24, 2.45) is 0 Å². The van der Waals surface area contributed by atoms with E-state index in [0.717, 1.165) is 0 Å². The van der Waals surface area contributed by atoms with Gasteiger partial charge in [-0.2, -0.15) is 0 Å². The van der Waals surface area contributed by atoms with Gasteiger partial charge in [0.05, 0.1) is 18.0 Å². The van der Waals surface area contributed by atoms with Gasteiger partial charge < -0.3 is 5.11 Å². The fourth-order valence-corrected chi connectivity index (χ4v) is 2.29. The summed E-state index contributed by atoms with van der Waals surface area (Å²) in [5.41, 5.74) is 1.91. The fourth-order valence-electron chi connectivity index (χ4n) is 2.29. The number of halogens is 2. The molecule has 0 amide bonds. The zero-order chi connectivity index (χ0) is 15.5. The summed E-state index contributed by atoms with van der Waals surface area (Å²) < 4.78 is 27.9. The number of benzene rings is 2. The highest BCUT2D eigenvalue weighted by Crippen LogP contribution is 2.27. The summed E-state index contributed by atoms with van der Waals surface area (Å²) >= 11 is 0. The van der Waals surface area contributed by atoms with Crippen molar-refractivity contribution in [3.8, 4) is 22.5 Å². The third-order valence-electron chi connectivity index (χ3n) is 3.37. The lowest BCUT2D eigenvalue weighted by atomic mass is 10.0. The van der Waals surface area contributed by atoms with Gasteiger partial charge in [0.25, 0.3) is 0 Å². The highest BCUT2D eigenvalue weighted by Gasteiger charge is 2.12. The minimum atomic E-state index is -0.412. The molecule has 0 bridgehead atoms. The Morgan fingerprint density at radius 1 is 0.773 bits per heavy atom. The molecule has 1 aromatic heterocycles. The number of aliphatic hydroxyl groups is 1. The van der Waals surface area contributed by atoms with Crippen LogP contribution in [0.15, 0.2) is 60.7 Å². The average Bonchev–Trinajstić information content (AvgIpc) is 2.55. The molecular weight excluding hydrogens is 284 g/mol. The number of hydrogen-bond acceptors (Lipinski definition) is 2. The lowest BCUT2D eigenvalue weighted by molar-refractivity contribution is 0.282. The highest BCUT2D eigenvalue weighted by atomic mass is 19.1. The van der Waals surface area contributed by atoms with E-state index in [1.165, 1.54) is 12.1 Å². The molecular formula is C18H13F2NO. The normalized spacial score (nSPS) is 10.7. The number of nitrogens with zero attached hydrogens (tertiary/aromatic N) is 1. The Bertz CT molecular complexity index is 754. The molecule has 4 heteroatoms. The van der Waals surface area contributed by atoms with Crippen LogP contribution in [0, 0.1) is 11.6 Å². The third-order valence-corrected chi connectivity index (χ3v) is 3.37. The molecule has 0 fully saturated rings. The van der Waals surface area contributed by atoms with Crippen LogP contribution in [0.1, 0.15) is 5.56 Å². The summed E-state index contributed by atoms with van der Waals surface area (Å²) in [4.78, 5) is 4.35. The molecule has 2 aromatic carbocycles. The van der Waals surface area contributed by atoms with Gasteiger partial charge in [-0.1, -0.05) is 24.3 Å². The summed E-state index contributed by atoms with van der Waals surface area (Å²) in [6, 6.07) is 15.7. The highest BCUT2D eigenvalue weighted by molar-refractivity contribution is 5.68. The molecule has 1 heterocycles. The Labute approximate surface area is 126 Å². The molecule has 0 aliphatic carbocycles. The quantitative estimate of drug-likeness (QED) is 0.786. The van der Waals surface area contributed by atoms with Crippen molar-refractivity contribution in [3.63, 3.8) is 0 Å². The van der Waals surface area contributed by atoms with Gasteiger partial charge in [-0.25, -0.2) is 13.8 Å². The topological polar surface area (TPSA) is 33.1 Å². The largest absolute Gasteiger partial charge is 0.392 e. The molecule has 0 saturated heterocycles. The van der Waals surface area contributed by atoms with Crippen LogP contribution in [0.5, 0.6) is 0 Å². The first-order valence-electron chi connectivity index (χ1n) is 6.80. The number of rotatable bonds is 3. The molecule has 0 radical (unpaired) electrons. The Morgan fingerprint density at radius 3 is 1.64 bits per heavy atom. The Balaban J connectivity index is 2.20. The summed E-state index contributed by atoms with van der Waals surface area (Å²) in [7, 11) is 0. The molecule has 3 aromatic rings. The molecule has 0 unspecified atom stereocenters. The molecule has 3 rings (SSSR count). The van der Waals surface area contributed by atoms with Crippen LogP contribution in [0.25, 0.3) is 22.5 Å². The molecule has 0 atom stereocenters. The number of aromatic nitrogens is 1. The minimum absolute atomic E-state index is 0.231. The molecule has 2 nitrogen and oxygen atoms in total. The fraction of sp³-hybridized carbons (Fsp3) is 0.0556. The lowest BCUT2D eigenvalue weighted by Crippen LogP contribution is -1.96. The van der Waals surface area contributed by atoms with Crippen LogP contribution in [0.4, 0.5) is 8.78 Å². The summed E-state index contributed by atoms with van der Waals surface area (Å²) in [6.45, 7) is -0.231. The summed E-state index contributed by atoms with van der Waals surface area (Å²) in [5, 5.41) is 9.40. The minimum Gasteiger partial charge on any atom is -0.392 e. The van der Waals surface area contributed by atoms with E-state index in [4.69, 9.17) is 0 Å². The van der Waals surface area contributed by atoms with Gasteiger partial charge in [-0.3, -0.25) is 0 Å². The van der Waals surface area contributed by atoms with Crippen molar-refractivity contribution in [2.45, 2.75) is 6.61 Å². The van der Waals surface area contributed by atoms with Gasteiger partial charge >= 0.3 is 0 Å². The van der Waals surface area contributed by atoms with Crippen molar-refractivity contribution >= 4 is 0 Å². The first-order valence-corrected chi connectivity index (χ1v) is 6.80. The maximum atomic E-state index is 13.9. The second-order valence-corrected chi connectivity index (χ2v) is 4.86. The maximum Gasteiger partial charge on any atom is 0.132 e. The Kier molecular flexibility index (Phi) is 3.94. The zero-order valence-corrected chi connectivity index (χ0v) is 11.6. The number of pyridine rings is 1. The van der Waals surface area contributed by atoms with Crippen molar-refractivity contribution < 1.29 is 13.9 Å². The van der Waals surface area contributed by atoms with Gasteiger partial charge in [-0.05, 0) is 42.0 Å². The molecule has 0 aliphatic rings. The standard InChI is InChI=1S/C18H13F2NO/c19-15-7-3-1-5-13(15)17-9-12(11-22)10-18(21-17)14-6-2-4-8-16(14)20/h1-10,22H,11H2. The van der Waals surface area contributed by atoms with E-state index >= 15 is 0 Å². The maximum absolute atomic E-state index is 13.9. The van der Waals surface area contributed by atoms with Crippen LogP contribution in [-0.4, -0.2) is 10.1 Å². The van der Waals surface area contributed by atoms with Gasteiger partial charge in [0, 0.05) is 11.1 Å². The van der Waals surface area contributed by atoms with Crippen LogP contribution in [-0.2, 0) is 6.61 Å². The first-order chi connectivity index (χ1) is 10.7. The van der Waals surface area contributed by atoms with E-state index in [1.807, 2.05) is 0 Å². The van der Waals surface area contributed by atoms with Gasteiger partial charge in [0.1, 0.15) is 11.6 Å². The van der Waals surface area contributed by atoms with Crippen LogP contribution < -0.4 is 0 Å². The molecule has 0 aliphatic heterocycles. The smallest absolute Gasteiger partial charge is 0.132 e. The van der Waals surface area contributed by atoms with Gasteiger partial charge in [0.15, 0.2) is 0 Å². The second kappa shape index (κ2) is 6.03. The Hall–Kier alpha value is -2.59. The molecule has 0 saturated carbocycles. The van der Waals surface area contributed by atoms with E-state index in [0.29, 0.717) is 28.1 Å². The molecule has 110 valence electrons. The predicted molar refractivity (Wildman–Crippen MR) is 80.9 cm³/mol. The Morgan fingerprint density at radius 2 is 1.23 bits per heavy atom. The average molecular weight is 297 g/mol. The monoisotopic (exact) mass is 297 g/mol. The van der Waals surface area contributed by atoms with Crippen molar-refractivity contribution in [3.05, 3.63) is 77.9 Å². The second-order valence-electron chi connectivity index (χ2n) is 4.86. The predicted octanol–water partition coefficient (Wildman–Crippen LogP) is 4.19. The third kappa shape index (κ3) is 2.73. The number of aliphatic hydroxyl groups excluding tert-OH is 1. The van der Waals surface area contributed by atoms with Crippen molar-refractivity contribution in [1.29, 1.82) is 0 Å². The van der Waals surface area contributed by atoms with Crippen molar-refractivity contribution in [2.75, 3.05) is 0 Å². The van der Waals surface area contributed by atoms with E-state index in [-0.39, 0.29) is 6.61 Å². The van der Waals surface area contributed by atoms with Gasteiger partial charge in [-0.15, -0.1) is 0 Å². The van der Waals surface area contributed by atoms with Crippen LogP contribution in [0.2, 0.25) is 0 Å². The van der Waals surface area contributed by atoms with E-state index in [9.17, 15) is 13.9 Å². The summed E-state index contributed by atoms with van der Waals surface area (Å²) in [5.74, 6) is -0.825. The van der Waals surface area contributed by atoms with Crippen LogP contribution >= 0.6 is 0 Å². The number of hydrogen-bond donors (Lipinski definition) is 1. The van der Waals surface area contributed by atoms with E-state index in [2.05, 4.69) is 4.98 Å². The lowest BCUT2D eigenvalue weighted by Gasteiger charge is -2.09. The van der Waals surface area contributed by atoms with Crippen LogP contribution in [0.3, 0.4) is 0 Å². The zero-order valence-electron chi connectivity index (χ0n) is 11.6. The SMILES string of the molecule is OCc1cc(-c2ccccc2F)nc(-c2ccccc2F)c1. The molecule has 1 N–H and O–H groups in total. The molecule has 22 heavy (non-hydrogen) atoms. The molecule has 0 spiro atoms. The van der Waals surface area contributed by atoms with Crippen molar-refractivity contribution in [1.82, 2.24) is 4.98 Å². The van der Waals surface area contributed by atoms with E-state index < -0.39 is 11.6 Å². The van der Waals surface area contributed by atoms with E-state index in [1.54, 1.807) is 48.5 Å².